The number of hydrogen-bond acceptors (Lipinski definition) is 5. The monoisotopic (exact) mass is 290 g/mol. The summed E-state index contributed by atoms with van der Waals surface area (Å²) in [5, 5.41) is 2.05. The molecular weight excluding hydrogens is 272 g/mol. The van der Waals surface area contributed by atoms with E-state index in [9.17, 15) is 4.79 Å². The maximum atomic E-state index is 11.3. The topological polar surface area (TPSA) is 52.1 Å². The highest BCUT2D eigenvalue weighted by atomic mass is 32.2. The van der Waals surface area contributed by atoms with E-state index in [0.29, 0.717) is 13.0 Å². The van der Waals surface area contributed by atoms with Crippen molar-refractivity contribution >= 4 is 28.6 Å². The predicted molar refractivity (Wildman–Crippen MR) is 80.9 cm³/mol. The van der Waals surface area contributed by atoms with E-state index in [4.69, 9.17) is 4.74 Å². The van der Waals surface area contributed by atoms with Crippen LogP contribution in [-0.4, -0.2) is 28.3 Å². The summed E-state index contributed by atoms with van der Waals surface area (Å²) in [4.78, 5) is 20.2. The maximum absolute atomic E-state index is 11.3. The quantitative estimate of drug-likeness (QED) is 0.353. The molecule has 106 valence electrons. The van der Waals surface area contributed by atoms with E-state index in [1.165, 1.54) is 0 Å². The van der Waals surface area contributed by atoms with Crippen LogP contribution >= 0.6 is 11.8 Å². The second-order valence-corrected chi connectivity index (χ2v) is 5.43. The highest BCUT2D eigenvalue weighted by molar-refractivity contribution is 7.99. The fourth-order valence-corrected chi connectivity index (χ4v) is 2.89. The molecule has 1 aromatic heterocycles. The molecule has 0 amide bonds. The molecule has 0 spiro atoms. The summed E-state index contributed by atoms with van der Waals surface area (Å²) < 4.78 is 4.91. The SMILES string of the molecule is CCOC(=O)CCCSc1nc(C)nc2ccccc12. The van der Waals surface area contributed by atoms with Crippen molar-refractivity contribution in [2.24, 2.45) is 0 Å². The average Bonchev–Trinajstić information content (AvgIpc) is 2.43. The summed E-state index contributed by atoms with van der Waals surface area (Å²) in [6, 6.07) is 7.99. The number of ether oxygens (including phenoxy) is 1. The Hall–Kier alpha value is -1.62. The second-order valence-electron chi connectivity index (χ2n) is 4.35. The first kappa shape index (κ1) is 14.8. The second kappa shape index (κ2) is 7.24. The lowest BCUT2D eigenvalue weighted by Gasteiger charge is -2.06. The molecule has 0 bridgehead atoms. The number of hydrogen-bond donors (Lipinski definition) is 0. The Bertz CT molecular complexity index is 601. The Balaban J connectivity index is 1.98. The fraction of sp³-hybridized carbons (Fsp3) is 0.400. The third kappa shape index (κ3) is 3.93. The van der Waals surface area contributed by atoms with Gasteiger partial charge in [-0.3, -0.25) is 4.79 Å². The van der Waals surface area contributed by atoms with Crippen LogP contribution in [0, 0.1) is 6.92 Å². The average molecular weight is 290 g/mol. The van der Waals surface area contributed by atoms with Crippen molar-refractivity contribution in [1.29, 1.82) is 0 Å². The van der Waals surface area contributed by atoms with E-state index >= 15 is 0 Å². The van der Waals surface area contributed by atoms with Crippen LogP contribution in [0.5, 0.6) is 0 Å². The minimum absolute atomic E-state index is 0.128. The molecule has 1 heterocycles. The van der Waals surface area contributed by atoms with Crippen molar-refractivity contribution in [3.8, 4) is 0 Å². The Morgan fingerprint density at radius 2 is 2.10 bits per heavy atom. The molecule has 0 atom stereocenters. The lowest BCUT2D eigenvalue weighted by molar-refractivity contribution is -0.143. The summed E-state index contributed by atoms with van der Waals surface area (Å²) >= 11 is 1.67. The highest BCUT2D eigenvalue weighted by Gasteiger charge is 2.07. The van der Waals surface area contributed by atoms with E-state index in [-0.39, 0.29) is 5.97 Å². The molecule has 0 saturated carbocycles. The van der Waals surface area contributed by atoms with Crippen LogP contribution in [0.15, 0.2) is 29.3 Å². The van der Waals surface area contributed by atoms with Crippen LogP contribution in [0.3, 0.4) is 0 Å². The Morgan fingerprint density at radius 3 is 2.90 bits per heavy atom. The van der Waals surface area contributed by atoms with Gasteiger partial charge in [0.2, 0.25) is 0 Å². The highest BCUT2D eigenvalue weighted by Crippen LogP contribution is 2.25. The lowest BCUT2D eigenvalue weighted by atomic mass is 10.2. The molecule has 0 aliphatic rings. The van der Waals surface area contributed by atoms with Gasteiger partial charge in [0.05, 0.1) is 12.1 Å². The number of fused-ring (bicyclic) bond motifs is 1. The molecular formula is C15H18N2O2S. The normalized spacial score (nSPS) is 10.7. The summed E-state index contributed by atoms with van der Waals surface area (Å²) in [5.74, 6) is 1.49. The molecule has 2 rings (SSSR count). The van der Waals surface area contributed by atoms with Gasteiger partial charge >= 0.3 is 5.97 Å². The van der Waals surface area contributed by atoms with Crippen LogP contribution in [0.1, 0.15) is 25.6 Å². The summed E-state index contributed by atoms with van der Waals surface area (Å²) in [7, 11) is 0. The molecule has 2 aromatic rings. The molecule has 0 saturated heterocycles. The van der Waals surface area contributed by atoms with Crippen LogP contribution in [0.4, 0.5) is 0 Å². The third-order valence-electron chi connectivity index (χ3n) is 2.75. The first-order valence-corrected chi connectivity index (χ1v) is 7.71. The van der Waals surface area contributed by atoms with Crippen LogP contribution < -0.4 is 0 Å². The smallest absolute Gasteiger partial charge is 0.305 e. The van der Waals surface area contributed by atoms with Gasteiger partial charge in [-0.05, 0) is 26.3 Å². The molecule has 0 N–H and O–H groups in total. The van der Waals surface area contributed by atoms with Gasteiger partial charge in [0.1, 0.15) is 10.9 Å². The number of benzene rings is 1. The van der Waals surface area contributed by atoms with Crippen LogP contribution in [-0.2, 0) is 9.53 Å². The molecule has 0 aliphatic carbocycles. The minimum atomic E-state index is -0.128. The van der Waals surface area contributed by atoms with Gasteiger partial charge in [0.15, 0.2) is 0 Å². The standard InChI is InChI=1S/C15H18N2O2S/c1-3-19-14(18)9-6-10-20-15-12-7-4-5-8-13(12)16-11(2)17-15/h4-5,7-8H,3,6,9-10H2,1-2H3. The van der Waals surface area contributed by atoms with Crippen molar-refractivity contribution in [2.45, 2.75) is 31.7 Å². The molecule has 0 aliphatic heterocycles. The molecule has 1 aromatic carbocycles. The molecule has 4 nitrogen and oxygen atoms in total. The molecule has 0 fully saturated rings. The van der Waals surface area contributed by atoms with Gasteiger partial charge in [0, 0.05) is 17.6 Å². The third-order valence-corrected chi connectivity index (χ3v) is 3.83. The van der Waals surface area contributed by atoms with Crippen molar-refractivity contribution in [2.75, 3.05) is 12.4 Å². The number of esters is 1. The number of aryl methyl sites for hydroxylation is 1. The van der Waals surface area contributed by atoms with Crippen molar-refractivity contribution in [1.82, 2.24) is 9.97 Å². The van der Waals surface area contributed by atoms with Gasteiger partial charge in [0.25, 0.3) is 0 Å². The maximum Gasteiger partial charge on any atom is 0.305 e. The fourth-order valence-electron chi connectivity index (χ4n) is 1.89. The molecule has 0 unspecified atom stereocenters. The van der Waals surface area contributed by atoms with Crippen LogP contribution in [0.2, 0.25) is 0 Å². The van der Waals surface area contributed by atoms with E-state index in [1.54, 1.807) is 11.8 Å². The number of nitrogens with zero attached hydrogens (tertiary/aromatic N) is 2. The zero-order valence-electron chi connectivity index (χ0n) is 11.8. The Kier molecular flexibility index (Phi) is 5.35. The Labute approximate surface area is 123 Å². The first-order chi connectivity index (χ1) is 9.70. The summed E-state index contributed by atoms with van der Waals surface area (Å²) in [5.41, 5.74) is 0.966. The van der Waals surface area contributed by atoms with E-state index in [0.717, 1.165) is 33.9 Å². The van der Waals surface area contributed by atoms with Crippen molar-refractivity contribution in [3.05, 3.63) is 30.1 Å². The van der Waals surface area contributed by atoms with Gasteiger partial charge in [-0.15, -0.1) is 11.8 Å². The van der Waals surface area contributed by atoms with Crippen LogP contribution in [0.25, 0.3) is 10.9 Å². The number of carbonyl (C=O) groups excluding carboxylic acids is 1. The number of aromatic nitrogens is 2. The molecule has 0 radical (unpaired) electrons. The summed E-state index contributed by atoms with van der Waals surface area (Å²) in [6.07, 6.45) is 1.25. The zero-order chi connectivity index (χ0) is 14.4. The van der Waals surface area contributed by atoms with Crippen molar-refractivity contribution < 1.29 is 9.53 Å². The Morgan fingerprint density at radius 1 is 1.30 bits per heavy atom. The minimum Gasteiger partial charge on any atom is -0.466 e. The van der Waals surface area contributed by atoms with Gasteiger partial charge in [-0.1, -0.05) is 18.2 Å². The number of thioether (sulfide) groups is 1. The van der Waals surface area contributed by atoms with Crippen molar-refractivity contribution in [3.63, 3.8) is 0 Å². The molecule has 5 heteroatoms. The number of para-hydroxylation sites is 1. The van der Waals surface area contributed by atoms with Gasteiger partial charge < -0.3 is 4.74 Å². The number of carbonyl (C=O) groups is 1. The summed E-state index contributed by atoms with van der Waals surface area (Å²) in [6.45, 7) is 4.17. The zero-order valence-corrected chi connectivity index (χ0v) is 12.6. The van der Waals surface area contributed by atoms with E-state index in [1.807, 2.05) is 38.1 Å². The largest absolute Gasteiger partial charge is 0.466 e. The molecule has 20 heavy (non-hydrogen) atoms. The lowest BCUT2D eigenvalue weighted by Crippen LogP contribution is -2.03. The predicted octanol–water partition coefficient (Wildman–Crippen LogP) is 3.37. The first-order valence-electron chi connectivity index (χ1n) is 6.72. The van der Waals surface area contributed by atoms with E-state index < -0.39 is 0 Å². The van der Waals surface area contributed by atoms with Gasteiger partial charge in [-0.25, -0.2) is 9.97 Å². The van der Waals surface area contributed by atoms with E-state index in [2.05, 4.69) is 9.97 Å². The van der Waals surface area contributed by atoms with Gasteiger partial charge in [-0.2, -0.15) is 0 Å². The number of rotatable bonds is 6.